The Labute approximate surface area is 226 Å². The Kier molecular flexibility index (Phi) is 10.2. The van der Waals surface area contributed by atoms with Crippen molar-refractivity contribution in [2.75, 3.05) is 0 Å². The van der Waals surface area contributed by atoms with Gasteiger partial charge in [0.05, 0.1) is 16.5 Å². The molecular formula is C28H28Cl3FN2O2. The summed E-state index contributed by atoms with van der Waals surface area (Å²) in [7, 11) is 0. The van der Waals surface area contributed by atoms with Gasteiger partial charge in [0.2, 0.25) is 11.8 Å². The number of nitrogens with one attached hydrogen (secondary N) is 1. The Morgan fingerprint density at radius 1 is 0.917 bits per heavy atom. The minimum absolute atomic E-state index is 0.0766. The van der Waals surface area contributed by atoms with Crippen LogP contribution in [0.25, 0.3) is 0 Å². The van der Waals surface area contributed by atoms with E-state index in [0.717, 1.165) is 12.0 Å². The van der Waals surface area contributed by atoms with E-state index in [0.29, 0.717) is 15.6 Å². The largest absolute Gasteiger partial charge is 0.352 e. The van der Waals surface area contributed by atoms with Crippen LogP contribution in [0.2, 0.25) is 15.1 Å². The second kappa shape index (κ2) is 13.1. The van der Waals surface area contributed by atoms with E-state index in [1.54, 1.807) is 18.2 Å². The number of rotatable bonds is 10. The van der Waals surface area contributed by atoms with Crippen molar-refractivity contribution in [2.24, 2.45) is 0 Å². The first kappa shape index (κ1) is 28.0. The maximum Gasteiger partial charge on any atom is 0.243 e. The van der Waals surface area contributed by atoms with Gasteiger partial charge in [0.25, 0.3) is 0 Å². The standard InChI is InChI=1S/C28H28Cl3FN2O2/c1-3-18(2)33-28(36)26(15-19-8-5-4-6-9-19)34(17-20-12-13-23(30)24(31)14-20)27(35)16-21-22(29)10-7-11-25(21)32/h4-14,18,26H,3,15-17H2,1-2H3,(H,33,36)/t18-,26+/m1/s1. The van der Waals surface area contributed by atoms with E-state index < -0.39 is 17.8 Å². The van der Waals surface area contributed by atoms with E-state index in [1.165, 1.54) is 23.1 Å². The lowest BCUT2D eigenvalue weighted by atomic mass is 10.0. The van der Waals surface area contributed by atoms with Crippen LogP contribution in [0.3, 0.4) is 0 Å². The lowest BCUT2D eigenvalue weighted by Crippen LogP contribution is -2.52. The molecular weight excluding hydrogens is 522 g/mol. The molecule has 0 aliphatic rings. The first-order valence-corrected chi connectivity index (χ1v) is 12.8. The molecule has 4 nitrogen and oxygen atoms in total. The molecule has 1 N–H and O–H groups in total. The van der Waals surface area contributed by atoms with Gasteiger partial charge in [0.15, 0.2) is 0 Å². The van der Waals surface area contributed by atoms with Crippen molar-refractivity contribution in [2.45, 2.75) is 51.7 Å². The monoisotopic (exact) mass is 548 g/mol. The first-order chi connectivity index (χ1) is 17.2. The highest BCUT2D eigenvalue weighted by Crippen LogP contribution is 2.26. The summed E-state index contributed by atoms with van der Waals surface area (Å²) < 4.78 is 14.6. The minimum atomic E-state index is -0.853. The summed E-state index contributed by atoms with van der Waals surface area (Å²) in [5.41, 5.74) is 1.66. The van der Waals surface area contributed by atoms with E-state index in [9.17, 15) is 14.0 Å². The summed E-state index contributed by atoms with van der Waals surface area (Å²) in [5, 5.41) is 3.87. The van der Waals surface area contributed by atoms with Gasteiger partial charge in [-0.2, -0.15) is 0 Å². The molecule has 0 saturated heterocycles. The summed E-state index contributed by atoms with van der Waals surface area (Å²) in [6.45, 7) is 3.95. The van der Waals surface area contributed by atoms with Crippen molar-refractivity contribution in [3.8, 4) is 0 Å². The van der Waals surface area contributed by atoms with Gasteiger partial charge in [-0.1, -0.05) is 84.2 Å². The fourth-order valence-corrected chi connectivity index (χ4v) is 4.33. The Balaban J connectivity index is 2.03. The second-order valence-electron chi connectivity index (χ2n) is 8.67. The molecule has 36 heavy (non-hydrogen) atoms. The predicted octanol–water partition coefficient (Wildman–Crippen LogP) is 6.88. The number of carbonyl (C=O) groups is 2. The van der Waals surface area contributed by atoms with Gasteiger partial charge in [-0.15, -0.1) is 0 Å². The summed E-state index contributed by atoms with van der Waals surface area (Å²) >= 11 is 18.5. The van der Waals surface area contributed by atoms with Gasteiger partial charge in [-0.05, 0) is 48.7 Å². The maximum absolute atomic E-state index is 14.6. The zero-order chi connectivity index (χ0) is 26.2. The van der Waals surface area contributed by atoms with Crippen molar-refractivity contribution in [3.63, 3.8) is 0 Å². The number of benzene rings is 3. The topological polar surface area (TPSA) is 49.4 Å². The third kappa shape index (κ3) is 7.45. The molecule has 2 amide bonds. The van der Waals surface area contributed by atoms with Crippen LogP contribution in [0.15, 0.2) is 66.7 Å². The van der Waals surface area contributed by atoms with Crippen LogP contribution >= 0.6 is 34.8 Å². The van der Waals surface area contributed by atoms with Crippen LogP contribution in [0, 0.1) is 5.82 Å². The highest BCUT2D eigenvalue weighted by molar-refractivity contribution is 6.42. The van der Waals surface area contributed by atoms with Crippen LogP contribution in [0.4, 0.5) is 4.39 Å². The van der Waals surface area contributed by atoms with Gasteiger partial charge in [-0.25, -0.2) is 4.39 Å². The zero-order valence-corrected chi connectivity index (χ0v) is 22.4. The number of nitrogens with zero attached hydrogens (tertiary/aromatic N) is 1. The number of carbonyl (C=O) groups excluding carboxylic acids is 2. The third-order valence-electron chi connectivity index (χ3n) is 6.00. The summed E-state index contributed by atoms with van der Waals surface area (Å²) in [5.74, 6) is -1.30. The van der Waals surface area contributed by atoms with Gasteiger partial charge >= 0.3 is 0 Å². The lowest BCUT2D eigenvalue weighted by molar-refractivity contribution is -0.141. The van der Waals surface area contributed by atoms with E-state index >= 15 is 0 Å². The van der Waals surface area contributed by atoms with Crippen LogP contribution in [0.5, 0.6) is 0 Å². The number of amides is 2. The van der Waals surface area contributed by atoms with Crippen molar-refractivity contribution in [1.29, 1.82) is 0 Å². The predicted molar refractivity (Wildman–Crippen MR) is 144 cm³/mol. The molecule has 0 bridgehead atoms. The molecule has 3 aromatic carbocycles. The molecule has 0 spiro atoms. The Hall–Kier alpha value is -2.60. The Morgan fingerprint density at radius 3 is 2.28 bits per heavy atom. The van der Waals surface area contributed by atoms with Crippen LogP contribution in [-0.4, -0.2) is 28.8 Å². The van der Waals surface area contributed by atoms with Crippen molar-refractivity contribution in [1.82, 2.24) is 10.2 Å². The van der Waals surface area contributed by atoms with Crippen molar-refractivity contribution < 1.29 is 14.0 Å². The van der Waals surface area contributed by atoms with E-state index in [4.69, 9.17) is 34.8 Å². The van der Waals surface area contributed by atoms with Crippen molar-refractivity contribution in [3.05, 3.63) is 104 Å². The maximum atomic E-state index is 14.6. The molecule has 8 heteroatoms. The Morgan fingerprint density at radius 2 is 1.64 bits per heavy atom. The van der Waals surface area contributed by atoms with Crippen LogP contribution in [0.1, 0.15) is 37.0 Å². The van der Waals surface area contributed by atoms with Gasteiger partial charge in [-0.3, -0.25) is 9.59 Å². The van der Waals surface area contributed by atoms with E-state index in [2.05, 4.69) is 5.32 Å². The molecule has 0 saturated carbocycles. The summed E-state index contributed by atoms with van der Waals surface area (Å²) in [4.78, 5) is 28.7. The third-order valence-corrected chi connectivity index (χ3v) is 7.09. The quantitative estimate of drug-likeness (QED) is 0.300. The first-order valence-electron chi connectivity index (χ1n) is 11.7. The van der Waals surface area contributed by atoms with Crippen LogP contribution in [-0.2, 0) is 29.0 Å². The highest BCUT2D eigenvalue weighted by atomic mass is 35.5. The molecule has 0 aliphatic heterocycles. The fraction of sp³-hybridized carbons (Fsp3) is 0.286. The number of halogens is 4. The number of hydrogen-bond donors (Lipinski definition) is 1. The molecule has 3 aromatic rings. The summed E-state index contributed by atoms with van der Waals surface area (Å²) in [6.07, 6.45) is 0.714. The minimum Gasteiger partial charge on any atom is -0.352 e. The average molecular weight is 550 g/mol. The SMILES string of the molecule is CC[C@@H](C)NC(=O)[C@H](Cc1ccccc1)N(Cc1ccc(Cl)c(Cl)c1)C(=O)Cc1c(F)cccc1Cl. The van der Waals surface area contributed by atoms with Gasteiger partial charge in [0, 0.05) is 29.6 Å². The molecule has 0 radical (unpaired) electrons. The Bertz CT molecular complexity index is 1190. The molecule has 190 valence electrons. The molecule has 0 fully saturated rings. The molecule has 0 aliphatic carbocycles. The summed E-state index contributed by atoms with van der Waals surface area (Å²) in [6, 6.07) is 17.8. The van der Waals surface area contributed by atoms with E-state index in [1.807, 2.05) is 44.2 Å². The molecule has 2 atom stereocenters. The fourth-order valence-electron chi connectivity index (χ4n) is 3.78. The smallest absolute Gasteiger partial charge is 0.243 e. The highest BCUT2D eigenvalue weighted by Gasteiger charge is 2.31. The molecule has 0 heterocycles. The molecule has 0 aromatic heterocycles. The van der Waals surface area contributed by atoms with E-state index in [-0.39, 0.29) is 41.9 Å². The normalized spacial score (nSPS) is 12.6. The molecule has 3 rings (SSSR count). The zero-order valence-electron chi connectivity index (χ0n) is 20.1. The number of hydrogen-bond acceptors (Lipinski definition) is 2. The lowest BCUT2D eigenvalue weighted by Gasteiger charge is -2.32. The average Bonchev–Trinajstić information content (AvgIpc) is 2.86. The van der Waals surface area contributed by atoms with Gasteiger partial charge in [0.1, 0.15) is 11.9 Å². The second-order valence-corrected chi connectivity index (χ2v) is 9.89. The van der Waals surface area contributed by atoms with Crippen molar-refractivity contribution >= 4 is 46.6 Å². The van der Waals surface area contributed by atoms with Crippen LogP contribution < -0.4 is 5.32 Å². The molecule has 0 unspecified atom stereocenters. The van der Waals surface area contributed by atoms with Gasteiger partial charge < -0.3 is 10.2 Å².